The lowest BCUT2D eigenvalue weighted by Crippen LogP contribution is -2.46. The second-order valence-corrected chi connectivity index (χ2v) is 3.77. The van der Waals surface area contributed by atoms with Crippen LogP contribution in [0.3, 0.4) is 0 Å². The van der Waals surface area contributed by atoms with Crippen LogP contribution in [0.4, 0.5) is 0 Å². The predicted octanol–water partition coefficient (Wildman–Crippen LogP) is 0.518. The van der Waals surface area contributed by atoms with Gasteiger partial charge in [-0.25, -0.2) is 0 Å². The second kappa shape index (κ2) is 5.75. The lowest BCUT2D eigenvalue weighted by Gasteiger charge is -2.31. The first-order chi connectivity index (χ1) is 7.17. The summed E-state index contributed by atoms with van der Waals surface area (Å²) in [5.74, 6) is -0.200. The molecule has 84 valence electrons. The van der Waals surface area contributed by atoms with E-state index in [0.29, 0.717) is 13.1 Å². The van der Waals surface area contributed by atoms with Crippen LogP contribution in [0.1, 0.15) is 12.8 Å². The number of carbonyl (C=O) groups is 2. The van der Waals surface area contributed by atoms with E-state index in [-0.39, 0.29) is 23.7 Å². The summed E-state index contributed by atoms with van der Waals surface area (Å²) in [5.41, 5.74) is 0. The molecule has 1 aliphatic rings. The summed E-state index contributed by atoms with van der Waals surface area (Å²) in [6.45, 7) is 4.77. The van der Waals surface area contributed by atoms with Crippen molar-refractivity contribution in [3.05, 3.63) is 12.7 Å². The number of hydrogen-bond acceptors (Lipinski definition) is 2. The normalized spacial score (nSPS) is 17.3. The highest BCUT2D eigenvalue weighted by Gasteiger charge is 2.21. The Bertz CT molecular complexity index is 260. The van der Waals surface area contributed by atoms with Crippen LogP contribution in [-0.4, -0.2) is 41.7 Å². The molecule has 0 unspecified atom stereocenters. The molecule has 1 fully saturated rings. The number of halogens is 1. The van der Waals surface area contributed by atoms with Gasteiger partial charge in [0.2, 0.25) is 11.8 Å². The second-order valence-electron chi connectivity index (χ2n) is 3.50. The summed E-state index contributed by atoms with van der Waals surface area (Å²) in [6, 6.07) is 0.144. The molecule has 1 rings (SSSR count). The van der Waals surface area contributed by atoms with Crippen molar-refractivity contribution in [2.45, 2.75) is 18.9 Å². The van der Waals surface area contributed by atoms with Gasteiger partial charge in [0.1, 0.15) is 5.88 Å². The zero-order chi connectivity index (χ0) is 11.3. The number of alkyl halides is 1. The Kier molecular flexibility index (Phi) is 4.62. The van der Waals surface area contributed by atoms with Gasteiger partial charge in [-0.15, -0.1) is 11.6 Å². The lowest BCUT2D eigenvalue weighted by atomic mass is 10.1. The minimum atomic E-state index is -0.148. The number of nitrogens with zero attached hydrogens (tertiary/aromatic N) is 1. The Hall–Kier alpha value is -1.03. The van der Waals surface area contributed by atoms with E-state index in [1.54, 1.807) is 4.90 Å². The zero-order valence-corrected chi connectivity index (χ0v) is 9.29. The molecule has 1 N–H and O–H groups in total. The maximum absolute atomic E-state index is 11.3. The molecule has 0 atom stereocenters. The van der Waals surface area contributed by atoms with Crippen molar-refractivity contribution in [3.8, 4) is 0 Å². The zero-order valence-electron chi connectivity index (χ0n) is 8.54. The van der Waals surface area contributed by atoms with Gasteiger partial charge in [-0.3, -0.25) is 9.59 Å². The predicted molar refractivity (Wildman–Crippen MR) is 58.7 cm³/mol. The third-order valence-electron chi connectivity index (χ3n) is 2.47. The first-order valence-corrected chi connectivity index (χ1v) is 5.47. The number of piperidine rings is 1. The molecule has 0 aromatic rings. The highest BCUT2D eigenvalue weighted by molar-refractivity contribution is 6.27. The summed E-state index contributed by atoms with van der Waals surface area (Å²) >= 11 is 5.38. The van der Waals surface area contributed by atoms with Crippen molar-refractivity contribution in [2.75, 3.05) is 19.0 Å². The lowest BCUT2D eigenvalue weighted by molar-refractivity contribution is -0.127. The van der Waals surface area contributed by atoms with Gasteiger partial charge in [-0.1, -0.05) is 6.58 Å². The van der Waals surface area contributed by atoms with Crippen molar-refractivity contribution < 1.29 is 9.59 Å². The van der Waals surface area contributed by atoms with E-state index in [4.69, 9.17) is 11.6 Å². The number of nitrogens with one attached hydrogen (secondary N) is 1. The monoisotopic (exact) mass is 230 g/mol. The first-order valence-electron chi connectivity index (χ1n) is 4.94. The van der Waals surface area contributed by atoms with Crippen LogP contribution in [0.5, 0.6) is 0 Å². The molecule has 0 radical (unpaired) electrons. The van der Waals surface area contributed by atoms with Crippen LogP contribution in [0.25, 0.3) is 0 Å². The summed E-state index contributed by atoms with van der Waals surface area (Å²) in [6.07, 6.45) is 2.88. The van der Waals surface area contributed by atoms with Gasteiger partial charge < -0.3 is 10.2 Å². The minimum Gasteiger partial charge on any atom is -0.352 e. The average molecular weight is 231 g/mol. The fourth-order valence-corrected chi connectivity index (χ4v) is 1.72. The van der Waals surface area contributed by atoms with Crippen LogP contribution < -0.4 is 5.32 Å². The molecule has 0 bridgehead atoms. The fraction of sp³-hybridized carbons (Fsp3) is 0.600. The van der Waals surface area contributed by atoms with Crippen molar-refractivity contribution in [1.82, 2.24) is 10.2 Å². The number of rotatable bonds is 3. The maximum Gasteiger partial charge on any atom is 0.245 e. The van der Waals surface area contributed by atoms with Crippen molar-refractivity contribution in [1.29, 1.82) is 0 Å². The van der Waals surface area contributed by atoms with Gasteiger partial charge in [0.15, 0.2) is 0 Å². The van der Waals surface area contributed by atoms with Gasteiger partial charge in [-0.2, -0.15) is 0 Å². The van der Waals surface area contributed by atoms with E-state index in [9.17, 15) is 9.59 Å². The van der Waals surface area contributed by atoms with E-state index >= 15 is 0 Å². The Labute approximate surface area is 94.3 Å². The van der Waals surface area contributed by atoms with Crippen LogP contribution in [0.2, 0.25) is 0 Å². The van der Waals surface area contributed by atoms with Crippen molar-refractivity contribution in [3.63, 3.8) is 0 Å². The highest BCUT2D eigenvalue weighted by Crippen LogP contribution is 2.10. The van der Waals surface area contributed by atoms with E-state index in [0.717, 1.165) is 12.8 Å². The number of likely N-dealkylation sites (tertiary alicyclic amines) is 1. The molecule has 2 amide bonds. The van der Waals surface area contributed by atoms with Gasteiger partial charge in [0.05, 0.1) is 0 Å². The topological polar surface area (TPSA) is 49.4 Å². The van der Waals surface area contributed by atoms with E-state index in [1.807, 2.05) is 0 Å². The average Bonchev–Trinajstić information content (AvgIpc) is 2.29. The molecule has 5 heteroatoms. The van der Waals surface area contributed by atoms with Crippen LogP contribution >= 0.6 is 11.6 Å². The molecule has 1 aliphatic heterocycles. The molecule has 0 spiro atoms. The highest BCUT2D eigenvalue weighted by atomic mass is 35.5. The van der Waals surface area contributed by atoms with Gasteiger partial charge in [0, 0.05) is 19.1 Å². The molecule has 0 aromatic carbocycles. The quantitative estimate of drug-likeness (QED) is 0.568. The number of amides is 2. The summed E-state index contributed by atoms with van der Waals surface area (Å²) in [7, 11) is 0. The van der Waals surface area contributed by atoms with Gasteiger partial charge in [0.25, 0.3) is 0 Å². The van der Waals surface area contributed by atoms with Gasteiger partial charge >= 0.3 is 0 Å². The molecule has 15 heavy (non-hydrogen) atoms. The smallest absolute Gasteiger partial charge is 0.245 e. The third-order valence-corrected chi connectivity index (χ3v) is 2.71. The Morgan fingerprint density at radius 1 is 1.47 bits per heavy atom. The van der Waals surface area contributed by atoms with E-state index in [1.165, 1.54) is 6.08 Å². The number of carbonyl (C=O) groups excluding carboxylic acids is 2. The molecule has 0 aliphatic carbocycles. The maximum atomic E-state index is 11.3. The Morgan fingerprint density at radius 3 is 2.53 bits per heavy atom. The van der Waals surface area contributed by atoms with Crippen molar-refractivity contribution >= 4 is 23.4 Å². The Morgan fingerprint density at radius 2 is 2.07 bits per heavy atom. The molecule has 1 saturated heterocycles. The van der Waals surface area contributed by atoms with E-state index < -0.39 is 0 Å². The first kappa shape index (κ1) is 12.0. The standard InChI is InChI=1S/C10H15ClN2O2/c1-2-10(15)13-5-3-8(4-6-13)12-9(14)7-11/h2,8H,1,3-7H2,(H,12,14). The molecule has 1 heterocycles. The summed E-state index contributed by atoms with van der Waals surface area (Å²) < 4.78 is 0. The van der Waals surface area contributed by atoms with Crippen molar-refractivity contribution in [2.24, 2.45) is 0 Å². The van der Waals surface area contributed by atoms with Crippen LogP contribution in [0.15, 0.2) is 12.7 Å². The number of hydrogen-bond donors (Lipinski definition) is 1. The van der Waals surface area contributed by atoms with E-state index in [2.05, 4.69) is 11.9 Å². The van der Waals surface area contributed by atoms with Crippen LogP contribution in [0, 0.1) is 0 Å². The largest absolute Gasteiger partial charge is 0.352 e. The molecule has 0 saturated carbocycles. The van der Waals surface area contributed by atoms with Gasteiger partial charge in [-0.05, 0) is 18.9 Å². The minimum absolute atomic E-state index is 0.00813. The molecular weight excluding hydrogens is 216 g/mol. The van der Waals surface area contributed by atoms with Crippen LogP contribution in [-0.2, 0) is 9.59 Å². The Balaban J connectivity index is 2.32. The third kappa shape index (κ3) is 3.55. The summed E-state index contributed by atoms with van der Waals surface area (Å²) in [4.78, 5) is 24.0. The SMILES string of the molecule is C=CC(=O)N1CCC(NC(=O)CCl)CC1. The molecule has 4 nitrogen and oxygen atoms in total. The molecule has 0 aromatic heterocycles. The fourth-order valence-electron chi connectivity index (χ4n) is 1.64. The molecular formula is C10H15ClN2O2. The summed E-state index contributed by atoms with van der Waals surface area (Å²) in [5, 5.41) is 2.81.